The Morgan fingerprint density at radius 3 is 2.48 bits per heavy atom. The van der Waals surface area contributed by atoms with Crippen molar-refractivity contribution in [3.8, 4) is 5.75 Å². The van der Waals surface area contributed by atoms with E-state index in [1.165, 1.54) is 12.1 Å². The predicted octanol–water partition coefficient (Wildman–Crippen LogP) is 2.84. The molecule has 2 aromatic rings. The molecule has 0 aliphatic heterocycles. The number of nitrogen functional groups attached to an aromatic ring is 1. The minimum absolute atomic E-state index is 0.0890. The van der Waals surface area contributed by atoms with E-state index < -0.39 is 6.61 Å². The fourth-order valence-electron chi connectivity index (χ4n) is 1.67. The molecule has 4 N–H and O–H groups in total. The third kappa shape index (κ3) is 4.44. The monoisotopic (exact) mass is 295 g/mol. The van der Waals surface area contributed by atoms with E-state index in [9.17, 15) is 8.78 Å². The third-order valence-corrected chi connectivity index (χ3v) is 2.45. The molecule has 0 unspecified atom stereocenters. The molecule has 21 heavy (non-hydrogen) atoms. The van der Waals surface area contributed by atoms with Crippen LogP contribution in [0, 0.1) is 0 Å². The van der Waals surface area contributed by atoms with Crippen LogP contribution in [0.2, 0.25) is 0 Å². The van der Waals surface area contributed by atoms with Crippen LogP contribution < -0.4 is 21.1 Å². The molecule has 0 aliphatic rings. The number of ether oxygens (including phenoxy) is 1. The van der Waals surface area contributed by atoms with E-state index in [0.717, 1.165) is 0 Å². The summed E-state index contributed by atoms with van der Waals surface area (Å²) < 4.78 is 28.4. The van der Waals surface area contributed by atoms with Gasteiger partial charge in [0.05, 0.1) is 0 Å². The molecule has 0 saturated heterocycles. The molecule has 2 rings (SSSR count). The SMILES string of the molecule is CCNc1cc(Nc2ccc(OC(F)F)cc2)nc(N)n1. The van der Waals surface area contributed by atoms with Crippen LogP contribution in [0.4, 0.5) is 32.1 Å². The second-order valence-electron chi connectivity index (χ2n) is 4.05. The lowest BCUT2D eigenvalue weighted by atomic mass is 10.3. The predicted molar refractivity (Wildman–Crippen MR) is 77.0 cm³/mol. The van der Waals surface area contributed by atoms with Crippen molar-refractivity contribution in [3.63, 3.8) is 0 Å². The second-order valence-corrected chi connectivity index (χ2v) is 4.05. The first kappa shape index (κ1) is 14.8. The highest BCUT2D eigenvalue weighted by atomic mass is 19.3. The summed E-state index contributed by atoms with van der Waals surface area (Å²) in [4.78, 5) is 8.07. The van der Waals surface area contributed by atoms with Gasteiger partial charge in [0.25, 0.3) is 0 Å². The molecule has 112 valence electrons. The Hall–Kier alpha value is -2.64. The highest BCUT2D eigenvalue weighted by Crippen LogP contribution is 2.21. The van der Waals surface area contributed by atoms with E-state index in [2.05, 4.69) is 25.3 Å². The third-order valence-electron chi connectivity index (χ3n) is 2.45. The molecule has 0 bridgehead atoms. The van der Waals surface area contributed by atoms with Crippen LogP contribution in [0.25, 0.3) is 0 Å². The molecule has 0 aliphatic carbocycles. The highest BCUT2D eigenvalue weighted by Gasteiger charge is 2.05. The van der Waals surface area contributed by atoms with E-state index in [1.807, 2.05) is 6.92 Å². The van der Waals surface area contributed by atoms with Crippen LogP contribution in [0.5, 0.6) is 5.75 Å². The van der Waals surface area contributed by atoms with Gasteiger partial charge >= 0.3 is 6.61 Å². The zero-order valence-corrected chi connectivity index (χ0v) is 11.3. The molecular weight excluding hydrogens is 280 g/mol. The van der Waals surface area contributed by atoms with E-state index >= 15 is 0 Å². The number of hydrogen-bond donors (Lipinski definition) is 3. The molecule has 0 fully saturated rings. The number of halogens is 2. The Balaban J connectivity index is 2.10. The summed E-state index contributed by atoms with van der Waals surface area (Å²) in [7, 11) is 0. The van der Waals surface area contributed by atoms with Crippen molar-refractivity contribution in [1.82, 2.24) is 9.97 Å². The minimum Gasteiger partial charge on any atom is -0.435 e. The Labute approximate surface area is 120 Å². The molecule has 0 amide bonds. The lowest BCUT2D eigenvalue weighted by Crippen LogP contribution is -2.05. The van der Waals surface area contributed by atoms with Gasteiger partial charge in [0.2, 0.25) is 5.95 Å². The first-order chi connectivity index (χ1) is 10.1. The smallest absolute Gasteiger partial charge is 0.387 e. The minimum atomic E-state index is -2.84. The van der Waals surface area contributed by atoms with Gasteiger partial charge in [0.15, 0.2) is 0 Å². The second kappa shape index (κ2) is 6.69. The molecule has 0 radical (unpaired) electrons. The molecule has 1 heterocycles. The van der Waals surface area contributed by atoms with E-state index in [-0.39, 0.29) is 11.7 Å². The molecular formula is C13H15F2N5O. The van der Waals surface area contributed by atoms with E-state index in [0.29, 0.717) is 23.9 Å². The number of aromatic nitrogens is 2. The van der Waals surface area contributed by atoms with Crippen LogP contribution in [0.15, 0.2) is 30.3 Å². The fraction of sp³-hybridized carbons (Fsp3) is 0.231. The van der Waals surface area contributed by atoms with Crippen LogP contribution in [-0.4, -0.2) is 23.1 Å². The Morgan fingerprint density at radius 1 is 1.19 bits per heavy atom. The summed E-state index contributed by atoms with van der Waals surface area (Å²) >= 11 is 0. The maximum absolute atomic E-state index is 12.1. The van der Waals surface area contributed by atoms with Gasteiger partial charge in [-0.15, -0.1) is 0 Å². The molecule has 0 saturated carbocycles. The summed E-state index contributed by atoms with van der Waals surface area (Å²) in [5.74, 6) is 1.32. The van der Waals surface area contributed by atoms with Crippen molar-refractivity contribution < 1.29 is 13.5 Å². The van der Waals surface area contributed by atoms with Gasteiger partial charge in [-0.1, -0.05) is 0 Å². The molecule has 0 atom stereocenters. The van der Waals surface area contributed by atoms with Gasteiger partial charge in [0.1, 0.15) is 17.4 Å². The molecule has 0 spiro atoms. The lowest BCUT2D eigenvalue weighted by molar-refractivity contribution is -0.0498. The van der Waals surface area contributed by atoms with Crippen molar-refractivity contribution in [2.75, 3.05) is 22.9 Å². The molecule has 1 aromatic carbocycles. The number of rotatable bonds is 6. The van der Waals surface area contributed by atoms with Crippen molar-refractivity contribution in [1.29, 1.82) is 0 Å². The summed E-state index contributed by atoms with van der Waals surface area (Å²) in [6.45, 7) is -0.198. The number of hydrogen-bond acceptors (Lipinski definition) is 6. The van der Waals surface area contributed by atoms with Gasteiger partial charge in [-0.3, -0.25) is 0 Å². The average molecular weight is 295 g/mol. The van der Waals surface area contributed by atoms with Gasteiger partial charge in [-0.05, 0) is 31.2 Å². The number of nitrogens with one attached hydrogen (secondary N) is 2. The molecule has 8 heteroatoms. The standard InChI is InChI=1S/C13H15F2N5O/c1-2-17-10-7-11(20-13(16)19-10)18-8-3-5-9(6-4-8)21-12(14)15/h3-7,12H,2H2,1H3,(H4,16,17,18,19,20). The van der Waals surface area contributed by atoms with Crippen molar-refractivity contribution >= 4 is 23.3 Å². The van der Waals surface area contributed by atoms with Gasteiger partial charge < -0.3 is 21.1 Å². The molecule has 6 nitrogen and oxygen atoms in total. The van der Waals surface area contributed by atoms with Gasteiger partial charge in [-0.2, -0.15) is 18.7 Å². The van der Waals surface area contributed by atoms with Crippen LogP contribution in [0.1, 0.15) is 6.92 Å². The Morgan fingerprint density at radius 2 is 1.86 bits per heavy atom. The van der Waals surface area contributed by atoms with Crippen molar-refractivity contribution in [2.24, 2.45) is 0 Å². The summed E-state index contributed by atoms with van der Waals surface area (Å²) in [5, 5.41) is 6.04. The average Bonchev–Trinajstić information content (AvgIpc) is 2.40. The highest BCUT2D eigenvalue weighted by molar-refractivity contribution is 5.61. The van der Waals surface area contributed by atoms with Crippen LogP contribution in [-0.2, 0) is 0 Å². The normalized spacial score (nSPS) is 10.5. The quantitative estimate of drug-likeness (QED) is 0.760. The van der Waals surface area contributed by atoms with Gasteiger partial charge in [-0.25, -0.2) is 0 Å². The number of anilines is 4. The molecule has 1 aromatic heterocycles. The zero-order valence-electron chi connectivity index (χ0n) is 11.3. The first-order valence-electron chi connectivity index (χ1n) is 6.27. The van der Waals surface area contributed by atoms with E-state index in [1.54, 1.807) is 18.2 Å². The van der Waals surface area contributed by atoms with Crippen molar-refractivity contribution in [3.05, 3.63) is 30.3 Å². The number of alkyl halides is 2. The van der Waals surface area contributed by atoms with Crippen LogP contribution >= 0.6 is 0 Å². The largest absolute Gasteiger partial charge is 0.435 e. The van der Waals surface area contributed by atoms with E-state index in [4.69, 9.17) is 5.73 Å². The number of nitrogens with two attached hydrogens (primary N) is 1. The summed E-state index contributed by atoms with van der Waals surface area (Å²) in [6.07, 6.45) is 0. The fourth-order valence-corrected chi connectivity index (χ4v) is 1.67. The van der Waals surface area contributed by atoms with Crippen LogP contribution in [0.3, 0.4) is 0 Å². The Kier molecular flexibility index (Phi) is 4.70. The van der Waals surface area contributed by atoms with Gasteiger partial charge in [0, 0.05) is 18.3 Å². The number of benzene rings is 1. The van der Waals surface area contributed by atoms with Crippen molar-refractivity contribution in [2.45, 2.75) is 13.5 Å². The summed E-state index contributed by atoms with van der Waals surface area (Å²) in [5.41, 5.74) is 6.28. The zero-order chi connectivity index (χ0) is 15.2. The Bertz CT molecular complexity index is 592. The topological polar surface area (TPSA) is 85.1 Å². The lowest BCUT2D eigenvalue weighted by Gasteiger charge is -2.10. The maximum atomic E-state index is 12.1. The summed E-state index contributed by atoms with van der Waals surface area (Å²) in [6, 6.07) is 7.77. The maximum Gasteiger partial charge on any atom is 0.387 e. The number of nitrogens with zero attached hydrogens (tertiary/aromatic N) is 2. The first-order valence-corrected chi connectivity index (χ1v) is 6.27.